The van der Waals surface area contributed by atoms with Crippen LogP contribution >= 0.6 is 12.4 Å². The summed E-state index contributed by atoms with van der Waals surface area (Å²) in [4.78, 5) is 26.9. The summed E-state index contributed by atoms with van der Waals surface area (Å²) in [6, 6.07) is 14.8. The van der Waals surface area contributed by atoms with Crippen LogP contribution in [0.2, 0.25) is 0 Å². The average molecular weight is 374 g/mol. The Labute approximate surface area is 160 Å². The van der Waals surface area contributed by atoms with Crippen molar-refractivity contribution < 1.29 is 9.59 Å². The number of nitrogens with two attached hydrogens (primary N) is 1. The lowest BCUT2D eigenvalue weighted by atomic mass is 9.95. The molecule has 2 aromatic rings. The molecule has 0 spiro atoms. The second-order valence-corrected chi connectivity index (χ2v) is 6.50. The quantitative estimate of drug-likeness (QED) is 0.808. The number of nitrogens with zero attached hydrogens (tertiary/aromatic N) is 1. The van der Waals surface area contributed by atoms with Gasteiger partial charge in [-0.15, -0.1) is 12.4 Å². The Morgan fingerprint density at radius 2 is 1.73 bits per heavy atom. The van der Waals surface area contributed by atoms with Crippen molar-refractivity contribution in [3.63, 3.8) is 0 Å². The molecule has 138 valence electrons. The van der Waals surface area contributed by atoms with Gasteiger partial charge in [0.15, 0.2) is 0 Å². The highest BCUT2D eigenvalue weighted by Gasteiger charge is 2.28. The number of para-hydroxylation sites is 1. The molecule has 3 rings (SSSR count). The third-order valence-electron chi connectivity index (χ3n) is 4.69. The second kappa shape index (κ2) is 8.72. The van der Waals surface area contributed by atoms with E-state index in [1.54, 1.807) is 12.1 Å². The van der Waals surface area contributed by atoms with Gasteiger partial charge < -0.3 is 16.0 Å². The molecule has 0 aromatic heterocycles. The van der Waals surface area contributed by atoms with Gasteiger partial charge in [-0.05, 0) is 49.6 Å². The molecule has 6 heteroatoms. The van der Waals surface area contributed by atoms with Crippen molar-refractivity contribution in [1.82, 2.24) is 4.90 Å². The zero-order valence-electron chi connectivity index (χ0n) is 14.8. The number of halogens is 1. The highest BCUT2D eigenvalue weighted by Crippen LogP contribution is 2.22. The lowest BCUT2D eigenvalue weighted by Gasteiger charge is -2.31. The maximum atomic E-state index is 12.7. The number of amides is 2. The molecule has 1 aliphatic heterocycles. The number of hydrogen-bond acceptors (Lipinski definition) is 3. The number of hydrogen-bond donors (Lipinski definition) is 2. The number of benzene rings is 2. The van der Waals surface area contributed by atoms with Crippen molar-refractivity contribution in [2.75, 3.05) is 24.1 Å². The third kappa shape index (κ3) is 4.55. The second-order valence-electron chi connectivity index (χ2n) is 6.50. The van der Waals surface area contributed by atoms with Crippen LogP contribution in [0.4, 0.5) is 11.4 Å². The topological polar surface area (TPSA) is 75.4 Å². The van der Waals surface area contributed by atoms with E-state index in [4.69, 9.17) is 5.73 Å². The third-order valence-corrected chi connectivity index (χ3v) is 4.69. The van der Waals surface area contributed by atoms with Crippen molar-refractivity contribution >= 4 is 35.6 Å². The predicted molar refractivity (Wildman–Crippen MR) is 107 cm³/mol. The van der Waals surface area contributed by atoms with E-state index in [-0.39, 0.29) is 30.1 Å². The minimum Gasteiger partial charge on any atom is -0.399 e. The first-order valence-electron chi connectivity index (χ1n) is 8.56. The summed E-state index contributed by atoms with van der Waals surface area (Å²) in [7, 11) is 0. The predicted octanol–water partition coefficient (Wildman–Crippen LogP) is 3.49. The normalized spacial score (nSPS) is 14.4. The molecular formula is C20H24ClN3O2. The fourth-order valence-corrected chi connectivity index (χ4v) is 3.15. The maximum Gasteiger partial charge on any atom is 0.254 e. The van der Waals surface area contributed by atoms with Crippen LogP contribution < -0.4 is 11.1 Å². The van der Waals surface area contributed by atoms with E-state index in [9.17, 15) is 9.59 Å². The summed E-state index contributed by atoms with van der Waals surface area (Å²) in [6.07, 6.45) is 1.34. The monoisotopic (exact) mass is 373 g/mol. The molecule has 0 atom stereocenters. The molecule has 5 nitrogen and oxygen atoms in total. The number of carbonyl (C=O) groups excluding carboxylic acids is 2. The van der Waals surface area contributed by atoms with Crippen molar-refractivity contribution in [3.05, 3.63) is 59.7 Å². The Morgan fingerprint density at radius 3 is 2.38 bits per heavy atom. The smallest absolute Gasteiger partial charge is 0.254 e. The minimum atomic E-state index is -0.0637. The van der Waals surface area contributed by atoms with Crippen LogP contribution in [-0.2, 0) is 4.79 Å². The number of piperidine rings is 1. The van der Waals surface area contributed by atoms with Crippen LogP contribution in [0.25, 0.3) is 0 Å². The summed E-state index contributed by atoms with van der Waals surface area (Å²) >= 11 is 0. The molecule has 3 N–H and O–H groups in total. The van der Waals surface area contributed by atoms with Gasteiger partial charge in [-0.1, -0.05) is 24.3 Å². The molecule has 0 bridgehead atoms. The number of aryl methyl sites for hydroxylation is 1. The van der Waals surface area contributed by atoms with Gasteiger partial charge in [-0.25, -0.2) is 0 Å². The van der Waals surface area contributed by atoms with Crippen LogP contribution in [0, 0.1) is 12.8 Å². The summed E-state index contributed by atoms with van der Waals surface area (Å²) in [5.74, 6) is -0.0450. The Balaban J connectivity index is 0.00000243. The lowest BCUT2D eigenvalue weighted by molar-refractivity contribution is -0.121. The molecule has 1 saturated heterocycles. The van der Waals surface area contributed by atoms with Gasteiger partial charge in [0.1, 0.15) is 0 Å². The number of nitrogen functional groups attached to an aromatic ring is 1. The van der Waals surface area contributed by atoms with Gasteiger partial charge in [0, 0.05) is 35.9 Å². The first-order chi connectivity index (χ1) is 12.0. The molecule has 1 fully saturated rings. The van der Waals surface area contributed by atoms with Gasteiger partial charge in [0.2, 0.25) is 5.91 Å². The van der Waals surface area contributed by atoms with Gasteiger partial charge in [0.25, 0.3) is 5.91 Å². The average Bonchev–Trinajstić information content (AvgIpc) is 2.64. The largest absolute Gasteiger partial charge is 0.399 e. The van der Waals surface area contributed by atoms with E-state index in [1.165, 1.54) is 0 Å². The van der Waals surface area contributed by atoms with Crippen LogP contribution in [0.15, 0.2) is 48.5 Å². The Morgan fingerprint density at radius 1 is 1.08 bits per heavy atom. The first-order valence-corrected chi connectivity index (χ1v) is 8.56. The fourth-order valence-electron chi connectivity index (χ4n) is 3.15. The number of carbonyl (C=O) groups is 2. The Bertz CT molecular complexity index is 772. The molecule has 2 aromatic carbocycles. The number of likely N-dealkylation sites (tertiary alicyclic amines) is 1. The molecule has 26 heavy (non-hydrogen) atoms. The number of anilines is 2. The van der Waals surface area contributed by atoms with Crippen molar-refractivity contribution in [3.8, 4) is 0 Å². The summed E-state index contributed by atoms with van der Waals surface area (Å²) < 4.78 is 0. The van der Waals surface area contributed by atoms with E-state index in [0.717, 1.165) is 11.3 Å². The van der Waals surface area contributed by atoms with Crippen LogP contribution in [0.5, 0.6) is 0 Å². The SMILES string of the molecule is Cc1ccc(N)cc1C(=O)N1CCC(C(=O)Nc2ccccc2)CC1.Cl. The zero-order chi connectivity index (χ0) is 17.8. The van der Waals surface area contributed by atoms with Gasteiger partial charge in [-0.3, -0.25) is 9.59 Å². The number of nitrogens with one attached hydrogen (secondary N) is 1. The summed E-state index contributed by atoms with van der Waals surface area (Å²) in [5.41, 5.74) is 8.77. The molecule has 0 unspecified atom stereocenters. The van der Waals surface area contributed by atoms with Gasteiger partial charge in [0.05, 0.1) is 0 Å². The van der Waals surface area contributed by atoms with Crippen molar-refractivity contribution in [2.24, 2.45) is 5.92 Å². The number of rotatable bonds is 3. The van der Waals surface area contributed by atoms with Crippen molar-refractivity contribution in [1.29, 1.82) is 0 Å². The van der Waals surface area contributed by atoms with E-state index in [2.05, 4.69) is 5.32 Å². The van der Waals surface area contributed by atoms with Crippen LogP contribution in [0.3, 0.4) is 0 Å². The lowest BCUT2D eigenvalue weighted by Crippen LogP contribution is -2.41. The zero-order valence-corrected chi connectivity index (χ0v) is 15.6. The van der Waals surface area contributed by atoms with E-state index in [1.807, 2.05) is 48.2 Å². The molecule has 2 amide bonds. The van der Waals surface area contributed by atoms with Crippen LogP contribution in [0.1, 0.15) is 28.8 Å². The summed E-state index contributed by atoms with van der Waals surface area (Å²) in [6.45, 7) is 3.08. The molecule has 0 aliphatic carbocycles. The van der Waals surface area contributed by atoms with E-state index in [0.29, 0.717) is 37.2 Å². The molecular weight excluding hydrogens is 350 g/mol. The van der Waals surface area contributed by atoms with E-state index >= 15 is 0 Å². The Kier molecular flexibility index (Phi) is 6.64. The summed E-state index contributed by atoms with van der Waals surface area (Å²) in [5, 5.41) is 2.95. The molecule has 0 saturated carbocycles. The molecule has 1 heterocycles. The standard InChI is InChI=1S/C20H23N3O2.ClH/c1-14-7-8-16(21)13-18(14)20(25)23-11-9-15(10-12-23)19(24)22-17-5-3-2-4-6-17;/h2-8,13,15H,9-12,21H2,1H3,(H,22,24);1H. The minimum absolute atomic E-state index is 0. The van der Waals surface area contributed by atoms with Crippen LogP contribution in [-0.4, -0.2) is 29.8 Å². The molecule has 1 aliphatic rings. The van der Waals surface area contributed by atoms with Gasteiger partial charge >= 0.3 is 0 Å². The Hall–Kier alpha value is -2.53. The molecule has 0 radical (unpaired) electrons. The maximum absolute atomic E-state index is 12.7. The highest BCUT2D eigenvalue weighted by atomic mass is 35.5. The van der Waals surface area contributed by atoms with Gasteiger partial charge in [-0.2, -0.15) is 0 Å². The fraction of sp³-hybridized carbons (Fsp3) is 0.300. The highest BCUT2D eigenvalue weighted by molar-refractivity contribution is 5.97. The van der Waals surface area contributed by atoms with E-state index < -0.39 is 0 Å². The van der Waals surface area contributed by atoms with Crippen molar-refractivity contribution in [2.45, 2.75) is 19.8 Å². The first kappa shape index (κ1) is 19.8.